The summed E-state index contributed by atoms with van der Waals surface area (Å²) in [7, 11) is -3.09. The average molecular weight is 1180 g/mol. The van der Waals surface area contributed by atoms with Crippen LogP contribution >= 0.6 is 0 Å². The van der Waals surface area contributed by atoms with Gasteiger partial charge in [0.25, 0.3) is 0 Å². The second-order valence-corrected chi connectivity index (χ2v) is 31.9. The van der Waals surface area contributed by atoms with Crippen molar-refractivity contribution in [2.45, 2.75) is 91.4 Å². The van der Waals surface area contributed by atoms with Gasteiger partial charge in [0.2, 0.25) is 0 Å². The third kappa shape index (κ3) is 7.75. The number of rotatable bonds is 7. The molecule has 10 aromatic carbocycles. The van der Waals surface area contributed by atoms with E-state index in [4.69, 9.17) is 4.98 Å². The number of hydrogen-bond acceptors (Lipinski definition) is 3. The van der Waals surface area contributed by atoms with Crippen molar-refractivity contribution < 1.29 is 0 Å². The number of nitrogens with one attached hydrogen (secondary N) is 1. The Balaban J connectivity index is 1.20. The Morgan fingerprint density at radius 2 is 0.978 bits per heavy atom. The number of nitrogens with zero attached hydrogens (tertiary/aromatic N) is 4. The highest BCUT2D eigenvalue weighted by molar-refractivity contribution is 7.24. The number of pyridine rings is 1. The predicted octanol–water partition coefficient (Wildman–Crippen LogP) is 18.7. The zero-order valence-corrected chi connectivity index (χ0v) is 53.9. The Labute approximate surface area is 529 Å². The lowest BCUT2D eigenvalue weighted by Crippen LogP contribution is -2.70. The van der Waals surface area contributed by atoms with Crippen molar-refractivity contribution in [3.05, 3.63) is 276 Å². The number of anilines is 1. The van der Waals surface area contributed by atoms with Gasteiger partial charge >= 0.3 is 0 Å². The summed E-state index contributed by atoms with van der Waals surface area (Å²) in [6, 6.07) is 81.3. The van der Waals surface area contributed by atoms with E-state index in [9.17, 15) is 5.26 Å². The number of allylic oxidation sites excluding steroid dienone is 3. The second-order valence-electron chi connectivity index (χ2n) is 28.3. The third-order valence-corrected chi connectivity index (χ3v) is 25.0. The Bertz CT molecular complexity index is 5300. The molecule has 1 atom stereocenters. The normalized spacial score (nSPS) is 14.6. The summed E-state index contributed by atoms with van der Waals surface area (Å²) in [6.45, 7) is 27.0. The van der Waals surface area contributed by atoms with Gasteiger partial charge in [-0.2, -0.15) is 5.26 Å². The fourth-order valence-electron chi connectivity index (χ4n) is 15.9. The molecule has 0 saturated carbocycles. The Morgan fingerprint density at radius 3 is 1.58 bits per heavy atom. The van der Waals surface area contributed by atoms with E-state index in [1.807, 2.05) is 18.3 Å². The first-order chi connectivity index (χ1) is 43.4. The minimum Gasteiger partial charge on any atom is -0.356 e. The van der Waals surface area contributed by atoms with Crippen molar-refractivity contribution in [2.24, 2.45) is 0 Å². The number of benzene rings is 10. The molecule has 0 bridgehead atoms. The van der Waals surface area contributed by atoms with Crippen LogP contribution in [0.3, 0.4) is 0 Å². The minimum atomic E-state index is -3.09. The molecule has 1 aliphatic carbocycles. The van der Waals surface area contributed by atoms with Gasteiger partial charge in [0.05, 0.1) is 50.4 Å². The lowest BCUT2D eigenvalue weighted by Gasteiger charge is -2.32. The van der Waals surface area contributed by atoms with E-state index in [0.717, 1.165) is 99.9 Å². The first-order valence-corrected chi connectivity index (χ1v) is 33.7. The largest absolute Gasteiger partial charge is 0.356 e. The molecule has 5 nitrogen and oxygen atoms in total. The molecular weight excluding hydrogens is 1110 g/mol. The molecule has 16 rings (SSSR count). The van der Waals surface area contributed by atoms with Gasteiger partial charge in [-0.25, -0.2) is 0 Å². The van der Waals surface area contributed by atoms with Crippen molar-refractivity contribution in [1.82, 2.24) is 14.1 Å². The van der Waals surface area contributed by atoms with Gasteiger partial charge in [-0.05, 0) is 148 Å². The monoisotopic (exact) mass is 1180 g/mol. The smallest absolute Gasteiger partial charge is 0.183 e. The number of para-hydroxylation sites is 2. The first-order valence-electron chi connectivity index (χ1n) is 31.7. The maximum Gasteiger partial charge on any atom is 0.183 e. The molecule has 0 fully saturated rings. The summed E-state index contributed by atoms with van der Waals surface area (Å²) in [5.41, 5.74) is 24.0. The van der Waals surface area contributed by atoms with Crippen LogP contribution in [0.5, 0.6) is 0 Å². The molecular formula is C84H71N5Si. The van der Waals surface area contributed by atoms with Crippen molar-refractivity contribution in [2.75, 3.05) is 5.32 Å². The Morgan fingerprint density at radius 1 is 0.489 bits per heavy atom. The molecule has 436 valence electrons. The Kier molecular flexibility index (Phi) is 12.1. The zero-order valence-electron chi connectivity index (χ0n) is 52.9. The van der Waals surface area contributed by atoms with Gasteiger partial charge in [-0.1, -0.05) is 239 Å². The van der Waals surface area contributed by atoms with Crippen LogP contribution in [0.15, 0.2) is 237 Å². The maximum atomic E-state index is 13.0. The molecule has 0 amide bonds. The van der Waals surface area contributed by atoms with Crippen LogP contribution in [0.1, 0.15) is 114 Å². The molecule has 3 aliphatic rings. The van der Waals surface area contributed by atoms with Crippen molar-refractivity contribution in [3.8, 4) is 62.1 Å². The number of fused-ring (bicyclic) bond motifs is 19. The highest BCUT2D eigenvalue weighted by Crippen LogP contribution is 2.58. The van der Waals surface area contributed by atoms with Crippen LogP contribution in [-0.4, -0.2) is 22.2 Å². The van der Waals surface area contributed by atoms with Crippen molar-refractivity contribution in [1.29, 1.82) is 5.26 Å². The van der Waals surface area contributed by atoms with Gasteiger partial charge in [0, 0.05) is 56.0 Å². The molecule has 90 heavy (non-hydrogen) atoms. The summed E-state index contributed by atoms with van der Waals surface area (Å²) in [4.78, 5) is 5.65. The summed E-state index contributed by atoms with van der Waals surface area (Å²) in [6.07, 6.45) is 5.87. The van der Waals surface area contributed by atoms with E-state index in [2.05, 4.69) is 303 Å². The topological polar surface area (TPSA) is 58.6 Å². The molecule has 1 unspecified atom stereocenters. The average Bonchev–Trinajstić information content (AvgIpc) is 1.49. The van der Waals surface area contributed by atoms with Crippen molar-refractivity contribution >= 4 is 78.1 Å². The van der Waals surface area contributed by atoms with E-state index in [1.165, 1.54) is 65.3 Å². The highest BCUT2D eigenvalue weighted by atomic mass is 28.3. The van der Waals surface area contributed by atoms with Crippen LogP contribution < -0.4 is 26.1 Å². The molecule has 13 aromatic rings. The third-order valence-electron chi connectivity index (χ3n) is 20.0. The fourth-order valence-corrected chi connectivity index (χ4v) is 21.5. The maximum absolute atomic E-state index is 13.0. The van der Waals surface area contributed by atoms with Crippen LogP contribution in [0.25, 0.3) is 99.6 Å². The summed E-state index contributed by atoms with van der Waals surface area (Å²) in [5.74, 6) is -0.402. The quantitative estimate of drug-likeness (QED) is 0.128. The standard InChI is InChI=1S/C84H71N5Si/c1-12-25-50(2)87-78-65(49-85)76(74-59-31-14-13-26-54(59)62-46-51(82(3,4)5)39-42-60(62)74)80(88-66-33-19-15-27-55(66)63-47-52(83(6,7)8)40-43-68(63)88)77(81(78)89-67-34-20-16-28-56(67)64-48-53(84(9,10)11)41-44-69(64)89)61-32-23-37-72-75(61)79-73(38-24-45-86-79)90(72)70-35-21-17-29-57(70)58-30-18-22-36-71(58)90/h12-48,74,87H,1H2,2-11H3/b50-25+. The van der Waals surface area contributed by atoms with Gasteiger partial charge < -0.3 is 14.5 Å². The van der Waals surface area contributed by atoms with Gasteiger partial charge in [-0.15, -0.1) is 0 Å². The Hall–Kier alpha value is -10.1. The lowest BCUT2D eigenvalue weighted by molar-refractivity contribution is 0.590. The van der Waals surface area contributed by atoms with Crippen LogP contribution in [0, 0.1) is 11.3 Å². The SMILES string of the molecule is C=C/C=C(\C)Nc1c(C#N)c(C2c3ccccc3-c3cc(C(C)(C)C)ccc32)c(-n2c3ccccc3c3cc(C(C)(C)C)ccc32)c(-c2cccc3c2-c2ncccc2[Si]32c3ccccc3-c3ccccc32)c1-n1c2ccccc2c2cc(C(C)(C)C)ccc21. The van der Waals surface area contributed by atoms with Crippen LogP contribution in [0.4, 0.5) is 5.69 Å². The molecule has 1 spiro atoms. The number of nitriles is 1. The predicted molar refractivity (Wildman–Crippen MR) is 381 cm³/mol. The molecule has 2 aliphatic heterocycles. The van der Waals surface area contributed by atoms with E-state index >= 15 is 0 Å². The lowest BCUT2D eigenvalue weighted by atomic mass is 9.79. The second kappa shape index (κ2) is 19.7. The van der Waals surface area contributed by atoms with Crippen LogP contribution in [0.2, 0.25) is 0 Å². The van der Waals surface area contributed by atoms with E-state index in [1.54, 1.807) is 0 Å². The minimum absolute atomic E-state index is 0.115. The summed E-state index contributed by atoms with van der Waals surface area (Å²) in [5, 5.41) is 27.1. The van der Waals surface area contributed by atoms with Gasteiger partial charge in [0.1, 0.15) is 6.07 Å². The van der Waals surface area contributed by atoms with E-state index in [-0.39, 0.29) is 16.2 Å². The molecule has 1 N–H and O–H groups in total. The summed E-state index contributed by atoms with van der Waals surface area (Å²) >= 11 is 0. The first kappa shape index (κ1) is 55.3. The van der Waals surface area contributed by atoms with E-state index in [0.29, 0.717) is 5.56 Å². The molecule has 0 radical (unpaired) electrons. The van der Waals surface area contributed by atoms with Crippen LogP contribution in [-0.2, 0) is 16.2 Å². The van der Waals surface area contributed by atoms with Gasteiger partial charge in [0.15, 0.2) is 8.07 Å². The summed E-state index contributed by atoms with van der Waals surface area (Å²) < 4.78 is 5.07. The molecule has 3 aromatic heterocycles. The number of aromatic nitrogens is 3. The molecule has 5 heterocycles. The fraction of sp³-hybridized carbons (Fsp3) is 0.167. The zero-order chi connectivity index (χ0) is 61.9. The molecule has 0 saturated heterocycles. The van der Waals surface area contributed by atoms with Gasteiger partial charge in [-0.3, -0.25) is 4.98 Å². The number of hydrogen-bond donors (Lipinski definition) is 1. The van der Waals surface area contributed by atoms with E-state index < -0.39 is 14.0 Å². The highest BCUT2D eigenvalue weighted by Gasteiger charge is 2.55. The van der Waals surface area contributed by atoms with Crippen molar-refractivity contribution in [3.63, 3.8) is 0 Å². The molecule has 6 heteroatoms.